The van der Waals surface area contributed by atoms with Gasteiger partial charge in [-0.1, -0.05) is 17.3 Å². The molecule has 0 N–H and O–H groups in total. The van der Waals surface area contributed by atoms with Crippen LogP contribution in [-0.2, 0) is 4.74 Å². The molecule has 206 valence electrons. The first kappa shape index (κ1) is 26.1. The molecule has 0 radical (unpaired) electrons. The molecule has 0 aliphatic heterocycles. The topological polar surface area (TPSA) is 75.2 Å². The van der Waals surface area contributed by atoms with E-state index in [2.05, 4.69) is 32.9 Å². The number of halogens is 2. The molecule has 0 amide bonds. The SMILES string of the molecule is COc1nccc(-c2nc3cc(-c4c(C)noc4C)ccc3n2C2CCC(OC)CC2)c1-c1ccc(F)c(F)c1. The molecule has 5 aromatic rings. The fourth-order valence-corrected chi connectivity index (χ4v) is 5.96. The van der Waals surface area contributed by atoms with Crippen molar-refractivity contribution in [3.63, 3.8) is 0 Å². The second kappa shape index (κ2) is 10.5. The Morgan fingerprint density at radius 3 is 2.33 bits per heavy atom. The predicted octanol–water partition coefficient (Wildman–Crippen LogP) is 7.45. The van der Waals surface area contributed by atoms with E-state index in [1.807, 2.05) is 19.9 Å². The monoisotopic (exact) mass is 544 g/mol. The van der Waals surface area contributed by atoms with Crippen LogP contribution < -0.4 is 4.74 Å². The second-order valence-electron chi connectivity index (χ2n) is 10.2. The normalized spacial score (nSPS) is 17.4. The average molecular weight is 545 g/mol. The maximum Gasteiger partial charge on any atom is 0.221 e. The zero-order valence-electron chi connectivity index (χ0n) is 22.9. The highest BCUT2D eigenvalue weighted by Gasteiger charge is 2.29. The van der Waals surface area contributed by atoms with Crippen molar-refractivity contribution in [1.29, 1.82) is 0 Å². The summed E-state index contributed by atoms with van der Waals surface area (Å²) in [5, 5.41) is 4.12. The van der Waals surface area contributed by atoms with Crippen molar-refractivity contribution in [2.75, 3.05) is 14.2 Å². The van der Waals surface area contributed by atoms with Crippen LogP contribution in [0.2, 0.25) is 0 Å². The van der Waals surface area contributed by atoms with Crippen molar-refractivity contribution >= 4 is 11.0 Å². The third-order valence-electron chi connectivity index (χ3n) is 7.91. The molecular weight excluding hydrogens is 514 g/mol. The van der Waals surface area contributed by atoms with Crippen LogP contribution in [0.25, 0.3) is 44.7 Å². The molecule has 1 fully saturated rings. The van der Waals surface area contributed by atoms with Gasteiger partial charge in [0.15, 0.2) is 11.6 Å². The van der Waals surface area contributed by atoms with Crippen LogP contribution in [0.4, 0.5) is 8.78 Å². The molecule has 0 spiro atoms. The number of methoxy groups -OCH3 is 2. The van der Waals surface area contributed by atoms with Crippen LogP contribution >= 0.6 is 0 Å². The van der Waals surface area contributed by atoms with E-state index in [9.17, 15) is 8.78 Å². The van der Waals surface area contributed by atoms with Crippen LogP contribution in [0.15, 0.2) is 53.2 Å². The van der Waals surface area contributed by atoms with Crippen LogP contribution in [-0.4, -0.2) is 40.0 Å². The average Bonchev–Trinajstić information content (AvgIpc) is 3.52. The number of nitrogens with zero attached hydrogens (tertiary/aromatic N) is 4. The Morgan fingerprint density at radius 2 is 1.65 bits per heavy atom. The van der Waals surface area contributed by atoms with E-state index in [1.54, 1.807) is 13.3 Å². The minimum Gasteiger partial charge on any atom is -0.481 e. The molecule has 0 saturated heterocycles. The Balaban J connectivity index is 1.59. The molecule has 40 heavy (non-hydrogen) atoms. The Bertz CT molecular complexity index is 1680. The summed E-state index contributed by atoms with van der Waals surface area (Å²) in [6, 6.07) is 12.1. The number of aryl methyl sites for hydroxylation is 2. The van der Waals surface area contributed by atoms with Gasteiger partial charge in [-0.2, -0.15) is 0 Å². The molecule has 1 saturated carbocycles. The summed E-state index contributed by atoms with van der Waals surface area (Å²) in [6.45, 7) is 3.82. The molecule has 6 rings (SSSR count). The van der Waals surface area contributed by atoms with Gasteiger partial charge in [-0.3, -0.25) is 0 Å². The molecule has 2 aromatic carbocycles. The Hall–Kier alpha value is -4.11. The minimum absolute atomic E-state index is 0.174. The van der Waals surface area contributed by atoms with Gasteiger partial charge in [0.1, 0.15) is 11.6 Å². The molecule has 3 heterocycles. The zero-order chi connectivity index (χ0) is 28.0. The van der Waals surface area contributed by atoms with E-state index >= 15 is 0 Å². The van der Waals surface area contributed by atoms with E-state index in [-0.39, 0.29) is 12.1 Å². The lowest BCUT2D eigenvalue weighted by atomic mass is 9.92. The van der Waals surface area contributed by atoms with Gasteiger partial charge in [-0.25, -0.2) is 18.7 Å². The molecule has 7 nitrogen and oxygen atoms in total. The van der Waals surface area contributed by atoms with Crippen molar-refractivity contribution in [3.05, 3.63) is 71.8 Å². The van der Waals surface area contributed by atoms with Gasteiger partial charge in [-0.05, 0) is 81.0 Å². The van der Waals surface area contributed by atoms with Crippen molar-refractivity contribution in [2.24, 2.45) is 0 Å². The number of aromatic nitrogens is 4. The minimum atomic E-state index is -0.940. The zero-order valence-corrected chi connectivity index (χ0v) is 22.9. The van der Waals surface area contributed by atoms with E-state index in [4.69, 9.17) is 19.0 Å². The number of ether oxygens (including phenoxy) is 2. The first-order valence-electron chi connectivity index (χ1n) is 13.4. The molecule has 0 atom stereocenters. The van der Waals surface area contributed by atoms with Crippen LogP contribution in [0.5, 0.6) is 5.88 Å². The molecule has 9 heteroatoms. The number of rotatable bonds is 6. The largest absolute Gasteiger partial charge is 0.481 e. The predicted molar refractivity (Wildman–Crippen MR) is 148 cm³/mol. The molecular formula is C31H30F2N4O3. The highest BCUT2D eigenvalue weighted by molar-refractivity contribution is 5.90. The Labute approximate surface area is 230 Å². The summed E-state index contributed by atoms with van der Waals surface area (Å²) in [7, 11) is 3.27. The molecule has 0 bridgehead atoms. The van der Waals surface area contributed by atoms with Gasteiger partial charge in [-0.15, -0.1) is 0 Å². The first-order chi connectivity index (χ1) is 19.4. The molecule has 3 aromatic heterocycles. The van der Waals surface area contributed by atoms with E-state index in [0.29, 0.717) is 22.8 Å². The Morgan fingerprint density at radius 1 is 0.900 bits per heavy atom. The summed E-state index contributed by atoms with van der Waals surface area (Å²) in [5.41, 5.74) is 6.26. The summed E-state index contributed by atoms with van der Waals surface area (Å²) in [5.74, 6) is -0.0882. The number of imidazole rings is 1. The van der Waals surface area contributed by atoms with Crippen molar-refractivity contribution in [1.82, 2.24) is 19.7 Å². The van der Waals surface area contributed by atoms with Gasteiger partial charge in [0.2, 0.25) is 5.88 Å². The third-order valence-corrected chi connectivity index (χ3v) is 7.91. The first-order valence-corrected chi connectivity index (χ1v) is 13.4. The van der Waals surface area contributed by atoms with Gasteiger partial charge in [0, 0.05) is 30.5 Å². The summed E-state index contributed by atoms with van der Waals surface area (Å²) < 4.78 is 47.2. The lowest BCUT2D eigenvalue weighted by Crippen LogP contribution is -2.23. The number of benzene rings is 2. The maximum atomic E-state index is 14.4. The summed E-state index contributed by atoms with van der Waals surface area (Å²) >= 11 is 0. The quantitative estimate of drug-likeness (QED) is 0.221. The van der Waals surface area contributed by atoms with Crippen LogP contribution in [0, 0.1) is 25.5 Å². The van der Waals surface area contributed by atoms with Crippen LogP contribution in [0.1, 0.15) is 43.2 Å². The molecule has 1 aliphatic carbocycles. The van der Waals surface area contributed by atoms with Crippen molar-refractivity contribution < 1.29 is 22.8 Å². The second-order valence-corrected chi connectivity index (χ2v) is 10.2. The molecule has 0 unspecified atom stereocenters. The van der Waals surface area contributed by atoms with Crippen LogP contribution in [0.3, 0.4) is 0 Å². The van der Waals surface area contributed by atoms with Gasteiger partial charge in [0.05, 0.1) is 35.5 Å². The lowest BCUT2D eigenvalue weighted by Gasteiger charge is -2.30. The third kappa shape index (κ3) is 4.44. The number of pyridine rings is 1. The number of hydrogen-bond acceptors (Lipinski definition) is 6. The summed E-state index contributed by atoms with van der Waals surface area (Å²) in [6.07, 6.45) is 5.61. The highest BCUT2D eigenvalue weighted by atomic mass is 19.2. The van der Waals surface area contributed by atoms with E-state index in [0.717, 1.165) is 70.9 Å². The Kier molecular flexibility index (Phi) is 6.83. The number of hydrogen-bond donors (Lipinski definition) is 0. The highest BCUT2D eigenvalue weighted by Crippen LogP contribution is 2.43. The van der Waals surface area contributed by atoms with Gasteiger partial charge >= 0.3 is 0 Å². The van der Waals surface area contributed by atoms with Gasteiger partial charge in [0.25, 0.3) is 0 Å². The fourth-order valence-electron chi connectivity index (χ4n) is 5.96. The standard InChI is InChI=1S/C31H30F2N4O3/c1-17-28(18(2)40-36-17)20-6-12-27-26(16-20)35-30(37(27)21-7-9-22(38-3)10-8-21)23-13-14-34-31(39-4)29(23)19-5-11-24(32)25(33)15-19/h5-6,11-16,21-22H,7-10H2,1-4H3. The van der Waals surface area contributed by atoms with Gasteiger partial charge < -0.3 is 18.6 Å². The van der Waals surface area contributed by atoms with Crippen molar-refractivity contribution in [3.8, 4) is 39.5 Å². The lowest BCUT2D eigenvalue weighted by molar-refractivity contribution is 0.0591. The van der Waals surface area contributed by atoms with E-state index in [1.165, 1.54) is 19.2 Å². The van der Waals surface area contributed by atoms with Crippen molar-refractivity contribution in [2.45, 2.75) is 51.7 Å². The number of fused-ring (bicyclic) bond motifs is 1. The van der Waals surface area contributed by atoms with E-state index < -0.39 is 11.6 Å². The smallest absolute Gasteiger partial charge is 0.221 e. The molecule has 1 aliphatic rings. The summed E-state index contributed by atoms with van der Waals surface area (Å²) in [4.78, 5) is 9.55. The fraction of sp³-hybridized carbons (Fsp3) is 0.323. The maximum absolute atomic E-state index is 14.4.